The van der Waals surface area contributed by atoms with Crippen molar-refractivity contribution in [3.05, 3.63) is 71.8 Å². The Morgan fingerprint density at radius 1 is 0.931 bits per heavy atom. The standard InChI is InChI=1S/C23H27NO5/c1-4-27-21(25)23(22(26)28-5-2)16-19(17-12-8-6-9-13-17)29-24(3)20(23)18-14-10-7-11-15-18/h6-15,19-20H,4-5,16H2,1-3H3/t19-,20-/m1/s1. The quantitative estimate of drug-likeness (QED) is 0.545. The fourth-order valence-electron chi connectivity index (χ4n) is 3.98. The molecule has 0 aromatic heterocycles. The summed E-state index contributed by atoms with van der Waals surface area (Å²) in [5.74, 6) is -1.19. The molecule has 2 aromatic carbocycles. The van der Waals surface area contributed by atoms with Crippen LogP contribution in [0.4, 0.5) is 0 Å². The first-order valence-corrected chi connectivity index (χ1v) is 9.88. The van der Waals surface area contributed by atoms with Gasteiger partial charge in [-0.2, -0.15) is 5.06 Å². The molecule has 6 heteroatoms. The highest BCUT2D eigenvalue weighted by atomic mass is 16.7. The van der Waals surface area contributed by atoms with Crippen LogP contribution in [0.2, 0.25) is 0 Å². The van der Waals surface area contributed by atoms with Crippen LogP contribution in [0.25, 0.3) is 0 Å². The maximum Gasteiger partial charge on any atom is 0.325 e. The molecule has 29 heavy (non-hydrogen) atoms. The van der Waals surface area contributed by atoms with E-state index in [-0.39, 0.29) is 19.6 Å². The van der Waals surface area contributed by atoms with E-state index < -0.39 is 29.5 Å². The molecule has 0 bridgehead atoms. The average molecular weight is 397 g/mol. The molecule has 0 radical (unpaired) electrons. The van der Waals surface area contributed by atoms with E-state index in [1.54, 1.807) is 26.0 Å². The van der Waals surface area contributed by atoms with Gasteiger partial charge in [-0.15, -0.1) is 0 Å². The maximum absolute atomic E-state index is 13.3. The Morgan fingerprint density at radius 3 is 1.90 bits per heavy atom. The number of benzene rings is 2. The fraction of sp³-hybridized carbons (Fsp3) is 0.391. The normalized spacial score (nSPS) is 21.3. The number of carbonyl (C=O) groups is 2. The smallest absolute Gasteiger partial charge is 0.325 e. The van der Waals surface area contributed by atoms with E-state index >= 15 is 0 Å². The number of hydroxylamine groups is 2. The van der Waals surface area contributed by atoms with Crippen molar-refractivity contribution in [1.29, 1.82) is 0 Å². The molecular formula is C23H27NO5. The van der Waals surface area contributed by atoms with Crippen LogP contribution in [0.1, 0.15) is 43.5 Å². The van der Waals surface area contributed by atoms with Crippen molar-refractivity contribution in [2.45, 2.75) is 32.4 Å². The van der Waals surface area contributed by atoms with Crippen molar-refractivity contribution in [2.24, 2.45) is 5.41 Å². The molecule has 1 saturated heterocycles. The zero-order chi connectivity index (χ0) is 20.9. The number of ether oxygens (including phenoxy) is 2. The zero-order valence-corrected chi connectivity index (χ0v) is 17.0. The van der Waals surface area contributed by atoms with E-state index in [9.17, 15) is 9.59 Å². The fourth-order valence-corrected chi connectivity index (χ4v) is 3.98. The van der Waals surface area contributed by atoms with Crippen LogP contribution in [0.3, 0.4) is 0 Å². The van der Waals surface area contributed by atoms with Gasteiger partial charge < -0.3 is 9.47 Å². The Hall–Kier alpha value is -2.70. The number of rotatable bonds is 6. The third kappa shape index (κ3) is 4.04. The Bertz CT molecular complexity index is 806. The highest BCUT2D eigenvalue weighted by Gasteiger charge is 2.61. The van der Waals surface area contributed by atoms with E-state index in [2.05, 4.69) is 0 Å². The predicted octanol–water partition coefficient (Wildman–Crippen LogP) is 3.85. The molecule has 0 amide bonds. The first-order chi connectivity index (χ1) is 14.0. The van der Waals surface area contributed by atoms with Gasteiger partial charge in [0.25, 0.3) is 0 Å². The largest absolute Gasteiger partial charge is 0.465 e. The molecule has 2 atom stereocenters. The Kier molecular flexibility index (Phi) is 6.67. The van der Waals surface area contributed by atoms with Crippen molar-refractivity contribution in [3.8, 4) is 0 Å². The van der Waals surface area contributed by atoms with Crippen LogP contribution in [-0.2, 0) is 23.9 Å². The summed E-state index contributed by atoms with van der Waals surface area (Å²) in [5.41, 5.74) is 0.104. The molecule has 1 fully saturated rings. The predicted molar refractivity (Wildman–Crippen MR) is 108 cm³/mol. The second-order valence-corrected chi connectivity index (χ2v) is 6.98. The average Bonchev–Trinajstić information content (AvgIpc) is 2.74. The van der Waals surface area contributed by atoms with Gasteiger partial charge in [0.05, 0.1) is 19.3 Å². The van der Waals surface area contributed by atoms with E-state index in [4.69, 9.17) is 14.3 Å². The van der Waals surface area contributed by atoms with Gasteiger partial charge >= 0.3 is 11.9 Å². The summed E-state index contributed by atoms with van der Waals surface area (Å²) in [7, 11) is 1.74. The van der Waals surface area contributed by atoms with Gasteiger partial charge in [0.2, 0.25) is 0 Å². The summed E-state index contributed by atoms with van der Waals surface area (Å²) in [6.45, 7) is 3.79. The first-order valence-electron chi connectivity index (χ1n) is 9.88. The molecule has 6 nitrogen and oxygen atoms in total. The third-order valence-corrected chi connectivity index (χ3v) is 5.20. The topological polar surface area (TPSA) is 65.1 Å². The van der Waals surface area contributed by atoms with Crippen LogP contribution in [0.15, 0.2) is 60.7 Å². The van der Waals surface area contributed by atoms with Crippen LogP contribution in [0.5, 0.6) is 0 Å². The van der Waals surface area contributed by atoms with Gasteiger partial charge in [-0.05, 0) is 25.0 Å². The van der Waals surface area contributed by atoms with Crippen LogP contribution >= 0.6 is 0 Å². The highest BCUT2D eigenvalue weighted by Crippen LogP contribution is 2.51. The van der Waals surface area contributed by atoms with Crippen molar-refractivity contribution < 1.29 is 23.9 Å². The van der Waals surface area contributed by atoms with Crippen molar-refractivity contribution in [3.63, 3.8) is 0 Å². The van der Waals surface area contributed by atoms with Gasteiger partial charge in [-0.3, -0.25) is 14.4 Å². The highest BCUT2D eigenvalue weighted by molar-refractivity contribution is 6.01. The molecule has 0 unspecified atom stereocenters. The van der Waals surface area contributed by atoms with Gasteiger partial charge in [-0.25, -0.2) is 0 Å². The third-order valence-electron chi connectivity index (χ3n) is 5.20. The lowest BCUT2D eigenvalue weighted by Crippen LogP contribution is -2.56. The molecule has 3 rings (SSSR count). The number of hydrogen-bond acceptors (Lipinski definition) is 6. The molecular weight excluding hydrogens is 370 g/mol. The second-order valence-electron chi connectivity index (χ2n) is 6.98. The Morgan fingerprint density at radius 2 is 1.41 bits per heavy atom. The van der Waals surface area contributed by atoms with E-state index in [0.29, 0.717) is 0 Å². The minimum atomic E-state index is -1.55. The summed E-state index contributed by atoms with van der Waals surface area (Å²) >= 11 is 0. The van der Waals surface area contributed by atoms with Crippen molar-refractivity contribution in [1.82, 2.24) is 5.06 Å². The monoisotopic (exact) mass is 397 g/mol. The summed E-state index contributed by atoms with van der Waals surface area (Å²) in [5, 5.41) is 1.59. The van der Waals surface area contributed by atoms with E-state index in [1.165, 1.54) is 0 Å². The number of esters is 2. The summed E-state index contributed by atoms with van der Waals surface area (Å²) in [6.07, 6.45) is -0.367. The number of hydrogen-bond donors (Lipinski definition) is 0. The molecule has 0 spiro atoms. The molecule has 0 N–H and O–H groups in total. The van der Waals surface area contributed by atoms with Gasteiger partial charge in [0, 0.05) is 13.5 Å². The van der Waals surface area contributed by atoms with Crippen LogP contribution < -0.4 is 0 Å². The SMILES string of the molecule is CCOC(=O)C1(C(=O)OCC)C[C@H](c2ccccc2)ON(C)[C@@H]1c1ccccc1. The van der Waals surface area contributed by atoms with E-state index in [0.717, 1.165) is 11.1 Å². The molecule has 2 aromatic rings. The number of nitrogens with zero attached hydrogens (tertiary/aromatic N) is 1. The number of carbonyl (C=O) groups excluding carboxylic acids is 2. The van der Waals surface area contributed by atoms with Gasteiger partial charge in [0.1, 0.15) is 6.10 Å². The Balaban J connectivity index is 2.15. The van der Waals surface area contributed by atoms with Crippen molar-refractivity contribution in [2.75, 3.05) is 20.3 Å². The van der Waals surface area contributed by atoms with Gasteiger partial charge in [-0.1, -0.05) is 60.7 Å². The molecule has 1 aliphatic heterocycles. The lowest BCUT2D eigenvalue weighted by Gasteiger charge is -2.47. The van der Waals surface area contributed by atoms with Crippen LogP contribution in [0, 0.1) is 5.41 Å². The molecule has 0 saturated carbocycles. The summed E-state index contributed by atoms with van der Waals surface area (Å²) in [4.78, 5) is 32.8. The minimum Gasteiger partial charge on any atom is -0.465 e. The molecule has 0 aliphatic carbocycles. The van der Waals surface area contributed by atoms with Gasteiger partial charge in [0.15, 0.2) is 5.41 Å². The lowest BCUT2D eigenvalue weighted by molar-refractivity contribution is -0.278. The lowest BCUT2D eigenvalue weighted by atomic mass is 9.70. The zero-order valence-electron chi connectivity index (χ0n) is 17.0. The summed E-state index contributed by atoms with van der Waals surface area (Å²) in [6, 6.07) is 18.2. The second kappa shape index (κ2) is 9.20. The molecule has 1 aliphatic rings. The molecule has 1 heterocycles. The van der Waals surface area contributed by atoms with Crippen molar-refractivity contribution >= 4 is 11.9 Å². The Labute approximate surface area is 171 Å². The first kappa shape index (κ1) is 21.0. The summed E-state index contributed by atoms with van der Waals surface area (Å²) < 4.78 is 10.8. The minimum absolute atomic E-state index is 0.124. The van der Waals surface area contributed by atoms with Crippen LogP contribution in [-0.4, -0.2) is 37.3 Å². The van der Waals surface area contributed by atoms with E-state index in [1.807, 2.05) is 60.7 Å². The molecule has 154 valence electrons. The maximum atomic E-state index is 13.3.